The Morgan fingerprint density at radius 1 is 0.662 bits per heavy atom. The lowest BCUT2D eigenvalue weighted by Crippen LogP contribution is -2.17. The quantitative estimate of drug-likeness (QED) is 0.0983. The highest BCUT2D eigenvalue weighted by molar-refractivity contribution is 5.82. The zero-order chi connectivity index (χ0) is 44.3. The Morgan fingerprint density at radius 2 is 1.32 bits per heavy atom. The number of furan rings is 1. The number of fused-ring (bicyclic) bond motifs is 4. The molecular formula is C61H53N3O. The first-order valence-electron chi connectivity index (χ1n) is 22.7. The van der Waals surface area contributed by atoms with E-state index in [1.54, 1.807) is 0 Å². The van der Waals surface area contributed by atoms with Gasteiger partial charge in [-0.15, -0.1) is 0 Å². The Bertz CT molecular complexity index is 3090. The summed E-state index contributed by atoms with van der Waals surface area (Å²) in [5.41, 5.74) is 24.8. The van der Waals surface area contributed by atoms with E-state index >= 15 is 0 Å². The monoisotopic (exact) mass is 843 g/mol. The summed E-state index contributed by atoms with van der Waals surface area (Å²) < 4.78 is 6.34. The topological polar surface area (TPSA) is 45.6 Å². The molecule has 2 aliphatic rings. The van der Waals surface area contributed by atoms with E-state index in [1.165, 1.54) is 38.9 Å². The molecule has 0 aliphatic heterocycles. The first kappa shape index (κ1) is 41.2. The van der Waals surface area contributed by atoms with Gasteiger partial charge in [0.05, 0.1) is 11.4 Å². The van der Waals surface area contributed by atoms with Crippen molar-refractivity contribution in [2.45, 2.75) is 45.6 Å². The SMILES string of the molecule is C\C=C/C(=C\C=C\c1ccc2c(c1)C(C)(C)c1ccccc1-2)N(c1ccc(-c2ccc(CN(c3ccccc3)c3ccccc3N)cc2)cc1)c1ccc(-c2cc3c(o2)CCC=C3)cc1. The zero-order valence-electron chi connectivity index (χ0n) is 37.3. The molecule has 2 aliphatic carbocycles. The lowest BCUT2D eigenvalue weighted by Gasteiger charge is -2.27. The minimum absolute atomic E-state index is 0.0501. The molecule has 0 atom stereocenters. The van der Waals surface area contributed by atoms with Crippen molar-refractivity contribution in [3.8, 4) is 33.6 Å². The molecule has 2 N–H and O–H groups in total. The Balaban J connectivity index is 0.955. The molecule has 0 spiro atoms. The minimum atomic E-state index is -0.0501. The van der Waals surface area contributed by atoms with E-state index in [2.05, 4.69) is 225 Å². The smallest absolute Gasteiger partial charge is 0.134 e. The average Bonchev–Trinajstić information content (AvgIpc) is 3.88. The molecule has 0 amide bonds. The van der Waals surface area contributed by atoms with Crippen LogP contribution in [-0.4, -0.2) is 0 Å². The van der Waals surface area contributed by atoms with Crippen LogP contribution < -0.4 is 15.5 Å². The third kappa shape index (κ3) is 8.27. The first-order valence-corrected chi connectivity index (χ1v) is 22.7. The van der Waals surface area contributed by atoms with Crippen LogP contribution >= 0.6 is 0 Å². The summed E-state index contributed by atoms with van der Waals surface area (Å²) >= 11 is 0. The molecule has 0 saturated carbocycles. The van der Waals surface area contributed by atoms with Crippen LogP contribution in [0.4, 0.5) is 28.4 Å². The van der Waals surface area contributed by atoms with Crippen LogP contribution in [0, 0.1) is 0 Å². The van der Waals surface area contributed by atoms with Gasteiger partial charge in [0.2, 0.25) is 0 Å². The van der Waals surface area contributed by atoms with E-state index in [0.717, 1.165) is 75.2 Å². The van der Waals surface area contributed by atoms with Gasteiger partial charge in [-0.05, 0) is 137 Å². The summed E-state index contributed by atoms with van der Waals surface area (Å²) in [5, 5.41) is 0. The minimum Gasteiger partial charge on any atom is -0.460 e. The highest BCUT2D eigenvalue weighted by Gasteiger charge is 2.35. The lowest BCUT2D eigenvalue weighted by atomic mass is 9.82. The van der Waals surface area contributed by atoms with Gasteiger partial charge in [0.15, 0.2) is 0 Å². The number of benzene rings is 7. The van der Waals surface area contributed by atoms with Crippen LogP contribution in [0.25, 0.3) is 45.7 Å². The molecule has 1 aromatic heterocycles. The predicted molar refractivity (Wildman–Crippen MR) is 275 cm³/mol. The normalized spacial score (nSPS) is 13.8. The number of hydrogen-bond donors (Lipinski definition) is 1. The molecule has 10 rings (SSSR count). The van der Waals surface area contributed by atoms with Crippen LogP contribution in [-0.2, 0) is 18.4 Å². The van der Waals surface area contributed by atoms with Gasteiger partial charge in [0, 0.05) is 52.3 Å². The van der Waals surface area contributed by atoms with Crippen LogP contribution in [0.3, 0.4) is 0 Å². The van der Waals surface area contributed by atoms with E-state index in [4.69, 9.17) is 10.2 Å². The van der Waals surface area contributed by atoms with Crippen LogP contribution in [0.1, 0.15) is 60.8 Å². The van der Waals surface area contributed by atoms with Gasteiger partial charge in [-0.1, -0.05) is 153 Å². The van der Waals surface area contributed by atoms with Crippen LogP contribution in [0.15, 0.2) is 216 Å². The van der Waals surface area contributed by atoms with Gasteiger partial charge >= 0.3 is 0 Å². The van der Waals surface area contributed by atoms with Gasteiger partial charge in [-0.25, -0.2) is 0 Å². The number of para-hydroxylation sites is 3. The molecule has 318 valence electrons. The molecule has 0 saturated heterocycles. The Labute approximate surface area is 383 Å². The zero-order valence-corrected chi connectivity index (χ0v) is 37.3. The van der Waals surface area contributed by atoms with Crippen molar-refractivity contribution in [1.29, 1.82) is 0 Å². The van der Waals surface area contributed by atoms with Crippen molar-refractivity contribution in [3.05, 3.63) is 246 Å². The highest BCUT2D eigenvalue weighted by Crippen LogP contribution is 2.49. The second kappa shape index (κ2) is 17.7. The molecule has 0 bridgehead atoms. The Kier molecular flexibility index (Phi) is 11.2. The van der Waals surface area contributed by atoms with E-state index in [0.29, 0.717) is 6.54 Å². The predicted octanol–water partition coefficient (Wildman–Crippen LogP) is 16.1. The van der Waals surface area contributed by atoms with Crippen molar-refractivity contribution in [1.82, 2.24) is 0 Å². The number of nitrogens with zero attached hydrogens (tertiary/aromatic N) is 2. The molecule has 65 heavy (non-hydrogen) atoms. The van der Waals surface area contributed by atoms with Gasteiger partial charge in [0.25, 0.3) is 0 Å². The third-order valence-electron chi connectivity index (χ3n) is 12.9. The molecule has 4 nitrogen and oxygen atoms in total. The van der Waals surface area contributed by atoms with Gasteiger partial charge in [0.1, 0.15) is 11.5 Å². The van der Waals surface area contributed by atoms with Crippen molar-refractivity contribution in [3.63, 3.8) is 0 Å². The van der Waals surface area contributed by atoms with Crippen molar-refractivity contribution < 1.29 is 4.42 Å². The van der Waals surface area contributed by atoms with Gasteiger partial charge < -0.3 is 20.0 Å². The van der Waals surface area contributed by atoms with Gasteiger partial charge in [-0.2, -0.15) is 0 Å². The Morgan fingerprint density at radius 3 is 2.05 bits per heavy atom. The fourth-order valence-electron chi connectivity index (χ4n) is 9.47. The second-order valence-corrected chi connectivity index (χ2v) is 17.5. The summed E-state index contributed by atoms with van der Waals surface area (Å²) in [5.74, 6) is 1.97. The van der Waals surface area contributed by atoms with Crippen LogP contribution in [0.2, 0.25) is 0 Å². The maximum atomic E-state index is 6.49. The molecular weight excluding hydrogens is 791 g/mol. The highest BCUT2D eigenvalue weighted by atomic mass is 16.3. The molecule has 7 aromatic carbocycles. The number of aryl methyl sites for hydroxylation is 1. The average molecular weight is 844 g/mol. The van der Waals surface area contributed by atoms with E-state index < -0.39 is 0 Å². The molecule has 0 unspecified atom stereocenters. The summed E-state index contributed by atoms with van der Waals surface area (Å²) in [6, 6.07) is 62.9. The molecule has 8 aromatic rings. The number of rotatable bonds is 12. The molecule has 4 heteroatoms. The number of hydrogen-bond acceptors (Lipinski definition) is 4. The molecule has 1 heterocycles. The van der Waals surface area contributed by atoms with E-state index in [1.807, 2.05) is 24.3 Å². The number of allylic oxidation sites excluding steroid dienone is 5. The van der Waals surface area contributed by atoms with E-state index in [9.17, 15) is 0 Å². The summed E-state index contributed by atoms with van der Waals surface area (Å²) in [6.45, 7) is 7.43. The van der Waals surface area contributed by atoms with E-state index in [-0.39, 0.29) is 5.41 Å². The van der Waals surface area contributed by atoms with Gasteiger partial charge in [-0.3, -0.25) is 0 Å². The summed E-state index contributed by atoms with van der Waals surface area (Å²) in [7, 11) is 0. The maximum absolute atomic E-state index is 6.49. The standard InChI is InChI=1S/C61H53N3O/c1-4-15-50(20-14-16-43-28-39-54-53-21-9-10-22-55(53)61(2,3)56(54)40-43)64(52-37-33-47(34-38-52)60-41-48-17-8-13-25-59(48)65-60)51-35-31-46(32-36-51)45-29-26-44(27-30-45)42-63(49-18-6-5-7-19-49)58-24-12-11-23-57(58)62/h4-12,14-24,26-41H,13,25,42,62H2,1-3H3/b15-4-,16-14+,50-20+. The van der Waals surface area contributed by atoms with Crippen molar-refractivity contribution >= 4 is 40.6 Å². The fraction of sp³-hybridized carbons (Fsp3) is 0.115. The third-order valence-corrected chi connectivity index (χ3v) is 12.9. The first-order chi connectivity index (χ1) is 31.8. The summed E-state index contributed by atoms with van der Waals surface area (Å²) in [6.07, 6.45) is 17.3. The molecule has 0 radical (unpaired) electrons. The summed E-state index contributed by atoms with van der Waals surface area (Å²) in [4.78, 5) is 4.60. The largest absolute Gasteiger partial charge is 0.460 e. The lowest BCUT2D eigenvalue weighted by molar-refractivity contribution is 0.520. The van der Waals surface area contributed by atoms with Crippen LogP contribution in [0.5, 0.6) is 0 Å². The van der Waals surface area contributed by atoms with Crippen molar-refractivity contribution in [2.75, 3.05) is 15.5 Å². The maximum Gasteiger partial charge on any atom is 0.134 e. The molecule has 0 fully saturated rings. The van der Waals surface area contributed by atoms with Crippen molar-refractivity contribution in [2.24, 2.45) is 0 Å². The number of nitrogens with two attached hydrogens (primary N) is 1. The Hall–Kier alpha value is -7.82. The number of anilines is 5. The second-order valence-electron chi connectivity index (χ2n) is 17.5. The fourth-order valence-corrected chi connectivity index (χ4v) is 9.47. The number of nitrogen functional groups attached to an aromatic ring is 1.